The predicted octanol–water partition coefficient (Wildman–Crippen LogP) is 4.79. The molecule has 1 aromatic carbocycles. The van der Waals surface area contributed by atoms with Crippen molar-refractivity contribution in [1.29, 1.82) is 5.26 Å². The van der Waals surface area contributed by atoms with E-state index in [4.69, 9.17) is 27.9 Å². The summed E-state index contributed by atoms with van der Waals surface area (Å²) in [5, 5.41) is 16.5. The molecule has 174 valence electrons. The Kier molecular flexibility index (Phi) is 7.73. The van der Waals surface area contributed by atoms with Crippen molar-refractivity contribution >= 4 is 40.3 Å². The van der Waals surface area contributed by atoms with Crippen LogP contribution in [0.3, 0.4) is 0 Å². The quantitative estimate of drug-likeness (QED) is 0.427. The second-order valence-corrected chi connectivity index (χ2v) is 8.14. The lowest BCUT2D eigenvalue weighted by Gasteiger charge is -2.25. The van der Waals surface area contributed by atoms with E-state index in [2.05, 4.69) is 10.2 Å². The molecule has 1 amide bonds. The van der Waals surface area contributed by atoms with E-state index >= 15 is 0 Å². The SMILES string of the molecule is CCOCC(=O)NC1=C([S+]([O-])C(F)(F)F)C(C#N)(c2c(Cl)cc(C(F)(F)F)cc2Cl)N=N1. The van der Waals surface area contributed by atoms with E-state index in [1.54, 1.807) is 0 Å². The van der Waals surface area contributed by atoms with Crippen LogP contribution >= 0.6 is 23.2 Å². The maximum Gasteiger partial charge on any atom is 0.578 e. The van der Waals surface area contributed by atoms with E-state index in [-0.39, 0.29) is 6.61 Å². The number of azo groups is 1. The number of nitrogens with zero attached hydrogens (tertiary/aromatic N) is 3. The van der Waals surface area contributed by atoms with Gasteiger partial charge >= 0.3 is 11.7 Å². The van der Waals surface area contributed by atoms with Crippen LogP contribution in [0.5, 0.6) is 0 Å². The van der Waals surface area contributed by atoms with Gasteiger partial charge in [0.1, 0.15) is 23.9 Å². The lowest BCUT2D eigenvalue weighted by atomic mass is 9.91. The van der Waals surface area contributed by atoms with E-state index in [0.29, 0.717) is 12.1 Å². The van der Waals surface area contributed by atoms with Crippen LogP contribution in [0.1, 0.15) is 18.1 Å². The van der Waals surface area contributed by atoms with Crippen molar-refractivity contribution in [1.82, 2.24) is 5.32 Å². The number of halogens is 8. The Hall–Kier alpha value is -2.05. The molecule has 7 nitrogen and oxygen atoms in total. The van der Waals surface area contributed by atoms with E-state index in [9.17, 15) is 41.0 Å². The first-order chi connectivity index (χ1) is 14.7. The van der Waals surface area contributed by atoms with Gasteiger partial charge in [-0.3, -0.25) is 4.79 Å². The minimum atomic E-state index is -5.46. The molecule has 1 aliphatic rings. The largest absolute Gasteiger partial charge is 0.604 e. The Morgan fingerprint density at radius 3 is 2.28 bits per heavy atom. The fraction of sp³-hybridized carbons (Fsp3) is 0.375. The minimum Gasteiger partial charge on any atom is -0.604 e. The molecule has 1 N–H and O–H groups in total. The highest BCUT2D eigenvalue weighted by molar-refractivity contribution is 7.96. The monoisotopic (exact) mass is 522 g/mol. The number of hydrogen-bond acceptors (Lipinski definition) is 6. The van der Waals surface area contributed by atoms with E-state index in [0.717, 1.165) is 0 Å². The molecule has 2 unspecified atom stereocenters. The van der Waals surface area contributed by atoms with Crippen molar-refractivity contribution in [2.45, 2.75) is 24.1 Å². The maximum absolute atomic E-state index is 13.4. The number of carbonyl (C=O) groups excluding carboxylic acids is 1. The van der Waals surface area contributed by atoms with Gasteiger partial charge in [-0.05, 0) is 19.1 Å². The Labute approximate surface area is 189 Å². The highest BCUT2D eigenvalue weighted by Gasteiger charge is 2.61. The van der Waals surface area contributed by atoms with Gasteiger partial charge in [-0.15, -0.1) is 23.4 Å². The lowest BCUT2D eigenvalue weighted by Crippen LogP contribution is -2.38. The standard InChI is InChI=1S/C16H10Cl2F6N4O3S/c1-2-31-5-10(29)26-13-12(32(30)16(22,23)24)14(6-25,28-27-13)11-8(17)3-7(4-9(11)18)15(19,20)21/h3-4H,2,5H2,1H3,(H,26,29). The molecular weight excluding hydrogens is 513 g/mol. The molecule has 0 radical (unpaired) electrons. The number of ether oxygens (including phenoxy) is 1. The average molecular weight is 523 g/mol. The summed E-state index contributed by atoms with van der Waals surface area (Å²) in [5.74, 6) is -2.02. The van der Waals surface area contributed by atoms with Gasteiger partial charge in [-0.1, -0.05) is 23.2 Å². The molecular formula is C16H10Cl2F6N4O3S. The van der Waals surface area contributed by atoms with Gasteiger partial charge in [-0.2, -0.15) is 18.4 Å². The van der Waals surface area contributed by atoms with Crippen LogP contribution in [0.4, 0.5) is 26.3 Å². The number of rotatable bonds is 6. The Balaban J connectivity index is 2.74. The van der Waals surface area contributed by atoms with Crippen LogP contribution in [0.15, 0.2) is 33.1 Å². The summed E-state index contributed by atoms with van der Waals surface area (Å²) in [6.07, 6.45) is -4.92. The van der Waals surface area contributed by atoms with Crippen LogP contribution in [0.2, 0.25) is 10.0 Å². The summed E-state index contributed by atoms with van der Waals surface area (Å²) in [6.45, 7) is 0.984. The molecule has 0 saturated heterocycles. The van der Waals surface area contributed by atoms with Crippen LogP contribution in [-0.2, 0) is 32.4 Å². The number of hydrogen-bond donors (Lipinski definition) is 1. The first-order valence-corrected chi connectivity index (χ1v) is 10.1. The zero-order valence-corrected chi connectivity index (χ0v) is 17.9. The van der Waals surface area contributed by atoms with Crippen LogP contribution in [0, 0.1) is 11.3 Å². The van der Waals surface area contributed by atoms with Crippen LogP contribution < -0.4 is 5.32 Å². The molecule has 0 fully saturated rings. The molecule has 2 atom stereocenters. The number of benzene rings is 1. The van der Waals surface area contributed by atoms with E-state index in [1.165, 1.54) is 13.0 Å². The topological polar surface area (TPSA) is 110 Å². The second kappa shape index (κ2) is 9.44. The smallest absolute Gasteiger partial charge is 0.578 e. The first kappa shape index (κ1) is 26.2. The predicted molar refractivity (Wildman–Crippen MR) is 99.5 cm³/mol. The zero-order valence-electron chi connectivity index (χ0n) is 15.6. The Bertz CT molecular complexity index is 1000. The normalized spacial score (nSPS) is 19.8. The molecule has 0 spiro atoms. The maximum atomic E-state index is 13.4. The molecule has 32 heavy (non-hydrogen) atoms. The van der Waals surface area contributed by atoms with Gasteiger partial charge in [0.05, 0.1) is 5.56 Å². The number of alkyl halides is 6. The van der Waals surface area contributed by atoms with E-state index < -0.39 is 72.8 Å². The van der Waals surface area contributed by atoms with Crippen molar-refractivity contribution in [3.8, 4) is 6.07 Å². The summed E-state index contributed by atoms with van der Waals surface area (Å²) in [5.41, 5.74) is -10.6. The molecule has 1 aromatic rings. The van der Waals surface area contributed by atoms with Crippen LogP contribution in [-0.4, -0.2) is 29.2 Å². The van der Waals surface area contributed by atoms with Gasteiger partial charge in [0.25, 0.3) is 11.4 Å². The van der Waals surface area contributed by atoms with Gasteiger partial charge in [0.2, 0.25) is 10.7 Å². The summed E-state index contributed by atoms with van der Waals surface area (Å²) in [4.78, 5) is 10.5. The molecule has 2 rings (SSSR count). The number of nitriles is 1. The van der Waals surface area contributed by atoms with Crippen molar-refractivity contribution < 1.29 is 40.4 Å². The first-order valence-electron chi connectivity index (χ1n) is 8.20. The van der Waals surface area contributed by atoms with Gasteiger partial charge < -0.3 is 14.6 Å². The summed E-state index contributed by atoms with van der Waals surface area (Å²) in [7, 11) is 0. The third-order valence-electron chi connectivity index (χ3n) is 3.83. The fourth-order valence-corrected chi connectivity index (χ4v) is 4.26. The minimum absolute atomic E-state index is 0.0776. The molecule has 1 heterocycles. The Morgan fingerprint density at radius 1 is 1.28 bits per heavy atom. The molecule has 0 aliphatic carbocycles. The number of carbonyl (C=O) groups is 1. The number of amides is 1. The van der Waals surface area contributed by atoms with Gasteiger partial charge in [0.15, 0.2) is 0 Å². The second-order valence-electron chi connectivity index (χ2n) is 5.91. The van der Waals surface area contributed by atoms with Crippen molar-refractivity contribution in [3.05, 3.63) is 44.0 Å². The van der Waals surface area contributed by atoms with Crippen LogP contribution in [0.25, 0.3) is 0 Å². The third-order valence-corrected chi connectivity index (χ3v) is 5.70. The summed E-state index contributed by atoms with van der Waals surface area (Å²) in [6, 6.07) is 1.97. The molecule has 0 saturated carbocycles. The van der Waals surface area contributed by atoms with Crippen molar-refractivity contribution in [3.63, 3.8) is 0 Å². The summed E-state index contributed by atoms with van der Waals surface area (Å²) >= 11 is 7.70. The van der Waals surface area contributed by atoms with Gasteiger partial charge in [-0.25, -0.2) is 0 Å². The van der Waals surface area contributed by atoms with Crippen molar-refractivity contribution in [2.24, 2.45) is 10.2 Å². The Morgan fingerprint density at radius 2 is 1.84 bits per heavy atom. The highest BCUT2D eigenvalue weighted by Crippen LogP contribution is 2.51. The molecule has 0 bridgehead atoms. The molecule has 1 aliphatic heterocycles. The zero-order chi connectivity index (χ0) is 24.5. The summed E-state index contributed by atoms with van der Waals surface area (Å²) < 4.78 is 96.2. The lowest BCUT2D eigenvalue weighted by molar-refractivity contribution is -0.137. The highest BCUT2D eigenvalue weighted by atomic mass is 35.5. The van der Waals surface area contributed by atoms with E-state index in [1.807, 2.05) is 5.32 Å². The average Bonchev–Trinajstić information content (AvgIpc) is 3.02. The fourth-order valence-electron chi connectivity index (χ4n) is 2.54. The molecule has 16 heteroatoms. The number of nitrogens with one attached hydrogen (secondary N) is 1. The molecule has 0 aromatic heterocycles. The van der Waals surface area contributed by atoms with Gasteiger partial charge in [0, 0.05) is 22.2 Å². The van der Waals surface area contributed by atoms with Crippen molar-refractivity contribution in [2.75, 3.05) is 13.2 Å². The third kappa shape index (κ3) is 5.12.